The minimum atomic E-state index is -0.0504. The summed E-state index contributed by atoms with van der Waals surface area (Å²) in [6.07, 6.45) is 1.59. The van der Waals surface area contributed by atoms with Gasteiger partial charge in [0, 0.05) is 14.1 Å². The third kappa shape index (κ3) is 1.32. The third-order valence-electron chi connectivity index (χ3n) is 2.99. The molecular weight excluding hydrogens is 216 g/mol. The van der Waals surface area contributed by atoms with E-state index in [0.717, 1.165) is 17.2 Å². The summed E-state index contributed by atoms with van der Waals surface area (Å²) < 4.78 is 1.67. The Morgan fingerprint density at radius 3 is 2.82 bits per heavy atom. The lowest BCUT2D eigenvalue weighted by atomic mass is 10.2. The minimum absolute atomic E-state index is 0.0504. The van der Waals surface area contributed by atoms with Gasteiger partial charge < -0.3 is 10.2 Å². The normalized spacial score (nSPS) is 13.8. The Balaban J connectivity index is 2.25. The number of rotatable bonds is 0. The number of anilines is 3. The Morgan fingerprint density at radius 1 is 1.24 bits per heavy atom. The van der Waals surface area contributed by atoms with Crippen molar-refractivity contribution in [3.8, 4) is 0 Å². The van der Waals surface area contributed by atoms with Crippen LogP contribution in [0.4, 0.5) is 17.2 Å². The molecule has 1 aromatic heterocycles. The Bertz CT molecular complexity index is 602. The number of carbonyl (C=O) groups excluding carboxylic acids is 1. The highest BCUT2D eigenvalue weighted by molar-refractivity contribution is 6.12. The van der Waals surface area contributed by atoms with Gasteiger partial charge in [0.25, 0.3) is 5.91 Å². The van der Waals surface area contributed by atoms with Crippen molar-refractivity contribution in [3.05, 3.63) is 36.0 Å². The maximum absolute atomic E-state index is 12.2. The van der Waals surface area contributed by atoms with E-state index in [1.165, 1.54) is 0 Å². The van der Waals surface area contributed by atoms with Crippen LogP contribution in [0.2, 0.25) is 0 Å². The molecule has 1 N–H and O–H groups in total. The number of aryl methyl sites for hydroxylation is 1. The van der Waals surface area contributed by atoms with E-state index in [1.807, 2.05) is 31.3 Å². The molecule has 0 aliphatic carbocycles. The van der Waals surface area contributed by atoms with E-state index in [0.29, 0.717) is 5.56 Å². The lowest BCUT2D eigenvalue weighted by molar-refractivity contribution is 0.0994. The summed E-state index contributed by atoms with van der Waals surface area (Å²) in [5, 5.41) is 7.35. The molecule has 0 spiro atoms. The second kappa shape index (κ2) is 3.35. The van der Waals surface area contributed by atoms with Gasteiger partial charge in [0.2, 0.25) is 0 Å². The van der Waals surface area contributed by atoms with E-state index in [1.54, 1.807) is 22.8 Å². The summed E-state index contributed by atoms with van der Waals surface area (Å²) in [5.41, 5.74) is 2.37. The zero-order valence-electron chi connectivity index (χ0n) is 9.64. The van der Waals surface area contributed by atoms with Gasteiger partial charge in [-0.25, -0.2) is 0 Å². The number of nitrogens with one attached hydrogen (secondary N) is 1. The lowest BCUT2D eigenvalue weighted by Gasteiger charge is -2.16. The van der Waals surface area contributed by atoms with Gasteiger partial charge in [0.05, 0.1) is 17.6 Å². The van der Waals surface area contributed by atoms with Crippen LogP contribution < -0.4 is 10.2 Å². The van der Waals surface area contributed by atoms with E-state index < -0.39 is 0 Å². The molecule has 0 atom stereocenters. The van der Waals surface area contributed by atoms with Crippen LogP contribution in [0.5, 0.6) is 0 Å². The topological polar surface area (TPSA) is 50.2 Å². The molecule has 3 rings (SSSR count). The van der Waals surface area contributed by atoms with E-state index in [4.69, 9.17) is 0 Å². The number of hydrogen-bond acceptors (Lipinski definition) is 3. The van der Waals surface area contributed by atoms with E-state index in [9.17, 15) is 4.79 Å². The van der Waals surface area contributed by atoms with Gasteiger partial charge in [-0.05, 0) is 12.1 Å². The van der Waals surface area contributed by atoms with Crippen molar-refractivity contribution in [2.75, 3.05) is 17.3 Å². The van der Waals surface area contributed by atoms with Crippen molar-refractivity contribution in [3.63, 3.8) is 0 Å². The first kappa shape index (κ1) is 9.89. The minimum Gasteiger partial charge on any atom is -0.338 e. The number of amides is 1. The van der Waals surface area contributed by atoms with Gasteiger partial charge in [0.1, 0.15) is 11.4 Å². The third-order valence-corrected chi connectivity index (χ3v) is 2.99. The highest BCUT2D eigenvalue weighted by atomic mass is 16.2. The van der Waals surface area contributed by atoms with Gasteiger partial charge >= 0.3 is 0 Å². The summed E-state index contributed by atoms with van der Waals surface area (Å²) in [6.45, 7) is 0. The number of aromatic nitrogens is 2. The Morgan fingerprint density at radius 2 is 2.00 bits per heavy atom. The SMILES string of the molecule is CN1C(=O)c2cnn(C)c2Nc2ccccc21. The van der Waals surface area contributed by atoms with E-state index >= 15 is 0 Å². The summed E-state index contributed by atoms with van der Waals surface area (Å²) >= 11 is 0. The van der Waals surface area contributed by atoms with Crippen molar-refractivity contribution in [1.82, 2.24) is 9.78 Å². The van der Waals surface area contributed by atoms with Crippen LogP contribution in [0.3, 0.4) is 0 Å². The number of benzene rings is 1. The van der Waals surface area contributed by atoms with Crippen molar-refractivity contribution < 1.29 is 4.79 Å². The quantitative estimate of drug-likeness (QED) is 0.747. The van der Waals surface area contributed by atoms with Crippen LogP contribution in [-0.2, 0) is 7.05 Å². The van der Waals surface area contributed by atoms with Crippen LogP contribution in [-0.4, -0.2) is 22.7 Å². The number of carbonyl (C=O) groups is 1. The molecule has 0 unspecified atom stereocenters. The molecule has 0 fully saturated rings. The molecule has 0 saturated heterocycles. The van der Waals surface area contributed by atoms with Gasteiger partial charge in [-0.2, -0.15) is 5.10 Å². The number of nitrogens with zero attached hydrogens (tertiary/aromatic N) is 3. The largest absolute Gasteiger partial charge is 0.338 e. The first-order chi connectivity index (χ1) is 8.18. The fraction of sp³-hybridized carbons (Fsp3) is 0.167. The monoisotopic (exact) mass is 228 g/mol. The number of para-hydroxylation sites is 2. The van der Waals surface area contributed by atoms with Gasteiger partial charge in [0.15, 0.2) is 0 Å². The molecule has 2 aromatic rings. The van der Waals surface area contributed by atoms with E-state index in [2.05, 4.69) is 10.4 Å². The summed E-state index contributed by atoms with van der Waals surface area (Å²) in [4.78, 5) is 13.9. The lowest BCUT2D eigenvalue weighted by Crippen LogP contribution is -2.24. The molecule has 17 heavy (non-hydrogen) atoms. The summed E-state index contributed by atoms with van der Waals surface area (Å²) in [7, 11) is 3.58. The molecule has 1 aliphatic heterocycles. The standard InChI is InChI=1S/C12H12N4O/c1-15-10-6-4-3-5-9(10)14-11-8(12(15)17)7-13-16(11)2/h3-7,14H,1-2H3. The molecule has 1 amide bonds. The molecule has 86 valence electrons. The summed E-state index contributed by atoms with van der Waals surface area (Å²) in [6, 6.07) is 7.71. The predicted octanol–water partition coefficient (Wildman–Crippen LogP) is 1.75. The van der Waals surface area contributed by atoms with Crippen LogP contribution >= 0.6 is 0 Å². The van der Waals surface area contributed by atoms with Crippen LogP contribution in [0, 0.1) is 0 Å². The average molecular weight is 228 g/mol. The molecule has 5 nitrogen and oxygen atoms in total. The molecule has 0 bridgehead atoms. The molecule has 5 heteroatoms. The smallest absolute Gasteiger partial charge is 0.263 e. The van der Waals surface area contributed by atoms with Crippen LogP contribution in [0.1, 0.15) is 10.4 Å². The maximum atomic E-state index is 12.2. The van der Waals surface area contributed by atoms with Crippen molar-refractivity contribution >= 4 is 23.1 Å². The molecule has 0 radical (unpaired) electrons. The number of fused-ring (bicyclic) bond motifs is 2. The van der Waals surface area contributed by atoms with E-state index in [-0.39, 0.29) is 5.91 Å². The predicted molar refractivity (Wildman–Crippen MR) is 65.7 cm³/mol. The fourth-order valence-corrected chi connectivity index (χ4v) is 2.03. The molecule has 0 saturated carbocycles. The van der Waals surface area contributed by atoms with Gasteiger partial charge in [-0.15, -0.1) is 0 Å². The Labute approximate surface area is 98.7 Å². The fourth-order valence-electron chi connectivity index (χ4n) is 2.03. The molecule has 1 aliphatic rings. The molecular formula is C12H12N4O. The van der Waals surface area contributed by atoms with Crippen molar-refractivity contribution in [2.45, 2.75) is 0 Å². The first-order valence-corrected chi connectivity index (χ1v) is 5.34. The van der Waals surface area contributed by atoms with Crippen LogP contribution in [0.25, 0.3) is 0 Å². The number of hydrogen-bond donors (Lipinski definition) is 1. The zero-order valence-corrected chi connectivity index (χ0v) is 9.64. The summed E-state index contributed by atoms with van der Waals surface area (Å²) in [5.74, 6) is 0.678. The first-order valence-electron chi connectivity index (χ1n) is 5.34. The second-order valence-corrected chi connectivity index (χ2v) is 4.04. The van der Waals surface area contributed by atoms with Crippen molar-refractivity contribution in [2.24, 2.45) is 7.05 Å². The van der Waals surface area contributed by atoms with Gasteiger partial charge in [-0.1, -0.05) is 12.1 Å². The Hall–Kier alpha value is -2.30. The van der Waals surface area contributed by atoms with Crippen LogP contribution in [0.15, 0.2) is 30.5 Å². The van der Waals surface area contributed by atoms with Crippen molar-refractivity contribution in [1.29, 1.82) is 0 Å². The zero-order chi connectivity index (χ0) is 12.0. The Kier molecular flexibility index (Phi) is 1.95. The molecule has 1 aromatic carbocycles. The maximum Gasteiger partial charge on any atom is 0.263 e. The average Bonchev–Trinajstić information content (AvgIpc) is 2.65. The second-order valence-electron chi connectivity index (χ2n) is 4.04. The van der Waals surface area contributed by atoms with Gasteiger partial charge in [-0.3, -0.25) is 9.48 Å². The molecule has 2 heterocycles. The highest BCUT2D eigenvalue weighted by Gasteiger charge is 2.26. The highest BCUT2D eigenvalue weighted by Crippen LogP contribution is 2.33.